The highest BCUT2D eigenvalue weighted by Crippen LogP contribution is 2.15. The molecule has 18 heavy (non-hydrogen) atoms. The molecule has 2 fully saturated rings. The minimum atomic E-state index is -3.34. The van der Waals surface area contributed by atoms with Gasteiger partial charge in [-0.2, -0.15) is 12.7 Å². The van der Waals surface area contributed by atoms with Gasteiger partial charge in [-0.15, -0.1) is 0 Å². The lowest BCUT2D eigenvalue weighted by Gasteiger charge is -2.32. The van der Waals surface area contributed by atoms with Crippen LogP contribution in [0.15, 0.2) is 0 Å². The van der Waals surface area contributed by atoms with Gasteiger partial charge >= 0.3 is 0 Å². The van der Waals surface area contributed by atoms with Crippen molar-refractivity contribution in [1.82, 2.24) is 14.3 Å². The zero-order chi connectivity index (χ0) is 13.0. The van der Waals surface area contributed by atoms with Gasteiger partial charge < -0.3 is 10.1 Å². The number of hydrogen-bond acceptors (Lipinski definition) is 4. The molecule has 0 aromatic heterocycles. The van der Waals surface area contributed by atoms with Gasteiger partial charge in [0.05, 0.1) is 13.2 Å². The van der Waals surface area contributed by atoms with Crippen molar-refractivity contribution in [3.8, 4) is 0 Å². The first-order chi connectivity index (χ1) is 8.59. The van der Waals surface area contributed by atoms with Gasteiger partial charge in [0.2, 0.25) is 0 Å². The number of rotatable bonds is 4. The summed E-state index contributed by atoms with van der Waals surface area (Å²) in [5.74, 6) is 0.520. The van der Waals surface area contributed by atoms with Crippen LogP contribution in [0.25, 0.3) is 0 Å². The lowest BCUT2D eigenvalue weighted by atomic mass is 9.93. The van der Waals surface area contributed by atoms with E-state index in [2.05, 4.69) is 17.0 Å². The lowest BCUT2D eigenvalue weighted by Crippen LogP contribution is -2.52. The van der Waals surface area contributed by atoms with Crippen molar-refractivity contribution < 1.29 is 13.2 Å². The Morgan fingerprint density at radius 1 is 1.39 bits per heavy atom. The number of morpholine rings is 1. The summed E-state index contributed by atoms with van der Waals surface area (Å²) in [5.41, 5.74) is 0. The van der Waals surface area contributed by atoms with Gasteiger partial charge in [-0.25, -0.2) is 4.72 Å². The molecule has 2 unspecified atom stereocenters. The molecule has 0 radical (unpaired) electrons. The van der Waals surface area contributed by atoms with Crippen LogP contribution in [0.5, 0.6) is 0 Å². The quantitative estimate of drug-likeness (QED) is 0.729. The monoisotopic (exact) mass is 277 g/mol. The van der Waals surface area contributed by atoms with Crippen LogP contribution >= 0.6 is 0 Å². The number of ether oxygens (including phenoxy) is 1. The van der Waals surface area contributed by atoms with Crippen LogP contribution in [0.4, 0.5) is 0 Å². The minimum Gasteiger partial charge on any atom is -0.379 e. The SMILES string of the molecule is CC1CCCNC1CNS(=O)(=O)N1CCOCC1. The second-order valence-electron chi connectivity index (χ2n) is 5.05. The van der Waals surface area contributed by atoms with Crippen molar-refractivity contribution in [2.24, 2.45) is 5.92 Å². The zero-order valence-electron chi connectivity index (χ0n) is 10.9. The van der Waals surface area contributed by atoms with Gasteiger partial charge in [0.25, 0.3) is 10.2 Å². The van der Waals surface area contributed by atoms with E-state index in [-0.39, 0.29) is 6.04 Å². The Bertz CT molecular complexity index is 355. The van der Waals surface area contributed by atoms with Crippen molar-refractivity contribution in [1.29, 1.82) is 0 Å². The van der Waals surface area contributed by atoms with Gasteiger partial charge in [-0.1, -0.05) is 6.92 Å². The molecule has 0 saturated carbocycles. The molecule has 6 nitrogen and oxygen atoms in total. The summed E-state index contributed by atoms with van der Waals surface area (Å²) in [6, 6.07) is 0.245. The van der Waals surface area contributed by atoms with Gasteiger partial charge in [0, 0.05) is 25.7 Å². The first-order valence-corrected chi connectivity index (χ1v) is 8.09. The molecule has 2 heterocycles. The molecule has 2 rings (SSSR count). The third-order valence-electron chi connectivity index (χ3n) is 3.73. The van der Waals surface area contributed by atoms with Gasteiger partial charge in [-0.05, 0) is 25.3 Å². The molecule has 2 N–H and O–H groups in total. The summed E-state index contributed by atoms with van der Waals surface area (Å²) in [5, 5.41) is 3.37. The standard InChI is InChI=1S/C11H23N3O3S/c1-10-3-2-4-12-11(10)9-13-18(15,16)14-5-7-17-8-6-14/h10-13H,2-9H2,1H3. The van der Waals surface area contributed by atoms with Crippen LogP contribution in [0.1, 0.15) is 19.8 Å². The van der Waals surface area contributed by atoms with Crippen LogP contribution in [0, 0.1) is 5.92 Å². The summed E-state index contributed by atoms with van der Waals surface area (Å²) in [6.45, 7) is 5.49. The van der Waals surface area contributed by atoms with Gasteiger partial charge in [-0.3, -0.25) is 0 Å². The first kappa shape index (κ1) is 14.2. The summed E-state index contributed by atoms with van der Waals surface area (Å²) < 4.78 is 33.5. The van der Waals surface area contributed by atoms with Crippen LogP contribution in [0.3, 0.4) is 0 Å². The molecule has 0 amide bonds. The highest BCUT2D eigenvalue weighted by molar-refractivity contribution is 7.87. The molecule has 2 saturated heterocycles. The molecule has 2 aliphatic heterocycles. The van der Waals surface area contributed by atoms with Crippen LogP contribution in [-0.4, -0.2) is 58.2 Å². The van der Waals surface area contributed by atoms with E-state index in [1.165, 1.54) is 10.7 Å². The maximum Gasteiger partial charge on any atom is 0.279 e. The van der Waals surface area contributed by atoms with E-state index in [0.29, 0.717) is 38.8 Å². The van der Waals surface area contributed by atoms with Crippen LogP contribution in [0.2, 0.25) is 0 Å². The van der Waals surface area contributed by atoms with E-state index in [0.717, 1.165) is 13.0 Å². The number of piperidine rings is 1. The van der Waals surface area contributed by atoms with E-state index in [1.807, 2.05) is 0 Å². The van der Waals surface area contributed by atoms with Crippen LogP contribution in [-0.2, 0) is 14.9 Å². The van der Waals surface area contributed by atoms with E-state index < -0.39 is 10.2 Å². The average Bonchev–Trinajstić information content (AvgIpc) is 2.39. The average molecular weight is 277 g/mol. The molecule has 0 aromatic rings. The van der Waals surface area contributed by atoms with E-state index in [4.69, 9.17) is 4.74 Å². The molecular formula is C11H23N3O3S. The van der Waals surface area contributed by atoms with E-state index in [1.54, 1.807) is 0 Å². The number of nitrogens with one attached hydrogen (secondary N) is 2. The van der Waals surface area contributed by atoms with Crippen molar-refractivity contribution >= 4 is 10.2 Å². The molecule has 0 aromatic carbocycles. The zero-order valence-corrected chi connectivity index (χ0v) is 11.7. The maximum atomic E-state index is 12.1. The lowest BCUT2D eigenvalue weighted by molar-refractivity contribution is 0.0724. The smallest absolute Gasteiger partial charge is 0.279 e. The molecule has 0 bridgehead atoms. The Morgan fingerprint density at radius 2 is 2.11 bits per heavy atom. The largest absolute Gasteiger partial charge is 0.379 e. The van der Waals surface area contributed by atoms with E-state index in [9.17, 15) is 8.42 Å². The second kappa shape index (κ2) is 6.29. The number of hydrogen-bond donors (Lipinski definition) is 2. The summed E-state index contributed by atoms with van der Waals surface area (Å²) in [4.78, 5) is 0. The fraction of sp³-hybridized carbons (Fsp3) is 1.00. The topological polar surface area (TPSA) is 70.7 Å². The van der Waals surface area contributed by atoms with Crippen molar-refractivity contribution in [2.75, 3.05) is 39.4 Å². The van der Waals surface area contributed by atoms with Crippen molar-refractivity contribution in [3.05, 3.63) is 0 Å². The normalized spacial score (nSPS) is 31.4. The molecule has 0 aliphatic carbocycles. The molecule has 106 valence electrons. The first-order valence-electron chi connectivity index (χ1n) is 6.65. The third kappa shape index (κ3) is 3.64. The molecule has 7 heteroatoms. The fourth-order valence-electron chi connectivity index (χ4n) is 2.46. The minimum absolute atomic E-state index is 0.245. The van der Waals surface area contributed by atoms with Gasteiger partial charge in [0.15, 0.2) is 0 Å². The Balaban J connectivity index is 1.84. The summed E-state index contributed by atoms with van der Waals surface area (Å²) >= 11 is 0. The Hall–Kier alpha value is -0.210. The second-order valence-corrected chi connectivity index (χ2v) is 6.80. The molecular weight excluding hydrogens is 254 g/mol. The third-order valence-corrected chi connectivity index (χ3v) is 5.30. The van der Waals surface area contributed by atoms with Crippen LogP contribution < -0.4 is 10.0 Å². The van der Waals surface area contributed by atoms with E-state index >= 15 is 0 Å². The summed E-state index contributed by atoms with van der Waals surface area (Å²) in [6.07, 6.45) is 2.34. The summed E-state index contributed by atoms with van der Waals surface area (Å²) in [7, 11) is -3.34. The highest BCUT2D eigenvalue weighted by Gasteiger charge is 2.27. The van der Waals surface area contributed by atoms with Crippen molar-refractivity contribution in [2.45, 2.75) is 25.8 Å². The Kier molecular flexibility index (Phi) is 4.97. The van der Waals surface area contributed by atoms with Crippen molar-refractivity contribution in [3.63, 3.8) is 0 Å². The maximum absolute atomic E-state index is 12.1. The highest BCUT2D eigenvalue weighted by atomic mass is 32.2. The predicted molar refractivity (Wildman–Crippen MR) is 69.5 cm³/mol. The fourth-order valence-corrected chi connectivity index (χ4v) is 3.66. The predicted octanol–water partition coefficient (Wildman–Crippen LogP) is -0.459. The van der Waals surface area contributed by atoms with Gasteiger partial charge in [0.1, 0.15) is 0 Å². The Labute approximate surface area is 109 Å². The number of nitrogens with zero attached hydrogens (tertiary/aromatic N) is 1. The molecule has 2 aliphatic rings. The Morgan fingerprint density at radius 3 is 2.78 bits per heavy atom. The molecule has 0 spiro atoms. The molecule has 2 atom stereocenters.